The van der Waals surface area contributed by atoms with Crippen molar-refractivity contribution in [3.63, 3.8) is 0 Å². The third kappa shape index (κ3) is 6.36. The highest BCUT2D eigenvalue weighted by Gasteiger charge is 2.04. The van der Waals surface area contributed by atoms with Crippen molar-refractivity contribution in [2.24, 2.45) is 0 Å². The van der Waals surface area contributed by atoms with Crippen molar-refractivity contribution in [2.45, 2.75) is 13.8 Å². The first kappa shape index (κ1) is 12.2. The van der Waals surface area contributed by atoms with E-state index in [1.165, 1.54) is 5.06 Å². The van der Waals surface area contributed by atoms with Crippen LogP contribution < -0.4 is 0 Å². The topological polar surface area (TPSA) is 46.6 Å². The SMILES string of the molecule is CCN(CC)OC(=O)/C=C/C(=O)S. The van der Waals surface area contributed by atoms with Crippen molar-refractivity contribution in [1.29, 1.82) is 0 Å². The normalized spacial score (nSPS) is 10.8. The molecule has 74 valence electrons. The maximum Gasteiger partial charge on any atom is 0.349 e. The van der Waals surface area contributed by atoms with E-state index in [-0.39, 0.29) is 0 Å². The molecule has 0 amide bonds. The molecule has 0 aromatic carbocycles. The molecule has 0 fully saturated rings. The molecule has 0 aromatic heterocycles. The van der Waals surface area contributed by atoms with Gasteiger partial charge in [0.2, 0.25) is 5.12 Å². The van der Waals surface area contributed by atoms with Crippen molar-refractivity contribution in [2.75, 3.05) is 13.1 Å². The largest absolute Gasteiger partial charge is 0.364 e. The van der Waals surface area contributed by atoms with Gasteiger partial charge in [-0.1, -0.05) is 0 Å². The number of hydrogen-bond donors (Lipinski definition) is 1. The van der Waals surface area contributed by atoms with Crippen LogP contribution >= 0.6 is 12.6 Å². The summed E-state index contributed by atoms with van der Waals surface area (Å²) in [5.41, 5.74) is 0. The Balaban J connectivity index is 3.92. The molecule has 0 heterocycles. The molecule has 0 aliphatic heterocycles. The molecule has 0 unspecified atom stereocenters. The van der Waals surface area contributed by atoms with Gasteiger partial charge in [0.15, 0.2) is 0 Å². The summed E-state index contributed by atoms with van der Waals surface area (Å²) >= 11 is 3.46. The first-order valence-electron chi connectivity index (χ1n) is 3.98. The van der Waals surface area contributed by atoms with Crippen LogP contribution in [0, 0.1) is 0 Å². The van der Waals surface area contributed by atoms with Gasteiger partial charge in [0.1, 0.15) is 0 Å². The van der Waals surface area contributed by atoms with Gasteiger partial charge in [-0.2, -0.15) is 0 Å². The summed E-state index contributed by atoms with van der Waals surface area (Å²) in [7, 11) is 0. The second kappa shape index (κ2) is 6.68. The predicted octanol–water partition coefficient (Wildman–Crippen LogP) is 0.799. The predicted molar refractivity (Wildman–Crippen MR) is 52.1 cm³/mol. The van der Waals surface area contributed by atoms with Crippen molar-refractivity contribution >= 4 is 23.7 Å². The van der Waals surface area contributed by atoms with Gasteiger partial charge in [-0.15, -0.1) is 17.7 Å². The zero-order valence-corrected chi connectivity index (χ0v) is 8.58. The van der Waals surface area contributed by atoms with E-state index in [0.717, 1.165) is 12.2 Å². The summed E-state index contributed by atoms with van der Waals surface area (Å²) in [6, 6.07) is 0. The lowest BCUT2D eigenvalue weighted by Crippen LogP contribution is -2.26. The maximum atomic E-state index is 10.9. The summed E-state index contributed by atoms with van der Waals surface area (Å²) in [5, 5.41) is 1.01. The van der Waals surface area contributed by atoms with Gasteiger partial charge >= 0.3 is 5.97 Å². The summed E-state index contributed by atoms with van der Waals surface area (Å²) < 4.78 is 0. The lowest BCUT2D eigenvalue weighted by molar-refractivity contribution is -0.182. The van der Waals surface area contributed by atoms with Crippen LogP contribution in [0.5, 0.6) is 0 Å². The van der Waals surface area contributed by atoms with E-state index in [4.69, 9.17) is 4.84 Å². The van der Waals surface area contributed by atoms with Crippen molar-refractivity contribution in [3.8, 4) is 0 Å². The Kier molecular flexibility index (Phi) is 6.26. The van der Waals surface area contributed by atoms with E-state index in [2.05, 4.69) is 12.6 Å². The van der Waals surface area contributed by atoms with Gasteiger partial charge in [-0.05, 0) is 19.9 Å². The smallest absolute Gasteiger partial charge is 0.349 e. The number of hydrogen-bond acceptors (Lipinski definition) is 4. The summed E-state index contributed by atoms with van der Waals surface area (Å²) in [4.78, 5) is 26.1. The fourth-order valence-electron chi connectivity index (χ4n) is 0.650. The Morgan fingerprint density at radius 2 is 1.85 bits per heavy atom. The van der Waals surface area contributed by atoms with Crippen LogP contribution in [0.1, 0.15) is 13.8 Å². The number of hydroxylamine groups is 2. The number of carbonyl (C=O) groups is 2. The molecular weight excluding hydrogens is 190 g/mol. The Morgan fingerprint density at radius 1 is 1.31 bits per heavy atom. The highest BCUT2D eigenvalue weighted by atomic mass is 32.1. The zero-order valence-electron chi connectivity index (χ0n) is 7.69. The van der Waals surface area contributed by atoms with E-state index < -0.39 is 11.1 Å². The monoisotopic (exact) mass is 203 g/mol. The molecule has 0 aliphatic carbocycles. The number of thiol groups is 1. The number of carbonyl (C=O) groups excluding carboxylic acids is 2. The van der Waals surface area contributed by atoms with Crippen LogP contribution in [0.3, 0.4) is 0 Å². The van der Waals surface area contributed by atoms with Crippen molar-refractivity contribution in [3.05, 3.63) is 12.2 Å². The summed E-state index contributed by atoms with van der Waals surface area (Å²) in [6.45, 7) is 4.96. The molecular formula is C8H13NO3S. The Labute approximate surface area is 82.9 Å². The maximum absolute atomic E-state index is 10.9. The molecule has 5 heteroatoms. The van der Waals surface area contributed by atoms with Crippen molar-refractivity contribution in [1.82, 2.24) is 5.06 Å². The summed E-state index contributed by atoms with van der Waals surface area (Å²) in [5.74, 6) is -0.564. The highest BCUT2D eigenvalue weighted by molar-refractivity contribution is 7.97. The molecule has 0 spiro atoms. The fraction of sp³-hybridized carbons (Fsp3) is 0.500. The average molecular weight is 203 g/mol. The lowest BCUT2D eigenvalue weighted by atomic mass is 10.5. The quantitative estimate of drug-likeness (QED) is 0.408. The lowest BCUT2D eigenvalue weighted by Gasteiger charge is -2.15. The molecule has 0 atom stereocenters. The van der Waals surface area contributed by atoms with E-state index in [0.29, 0.717) is 13.1 Å². The zero-order chi connectivity index (χ0) is 10.3. The molecule has 0 bridgehead atoms. The van der Waals surface area contributed by atoms with Crippen LogP contribution in [0.4, 0.5) is 0 Å². The Bertz CT molecular complexity index is 211. The second-order valence-corrected chi connectivity index (χ2v) is 2.64. The third-order valence-corrected chi connectivity index (χ3v) is 1.44. The van der Waals surface area contributed by atoms with Crippen LogP contribution in [0.15, 0.2) is 12.2 Å². The van der Waals surface area contributed by atoms with Gasteiger partial charge in [0, 0.05) is 19.2 Å². The fourth-order valence-corrected chi connectivity index (χ4v) is 0.724. The molecule has 13 heavy (non-hydrogen) atoms. The second-order valence-electron chi connectivity index (χ2n) is 2.20. The average Bonchev–Trinajstić information content (AvgIpc) is 2.10. The van der Waals surface area contributed by atoms with Gasteiger partial charge < -0.3 is 4.84 Å². The molecule has 0 aromatic rings. The minimum atomic E-state index is -0.564. The van der Waals surface area contributed by atoms with E-state index >= 15 is 0 Å². The van der Waals surface area contributed by atoms with Gasteiger partial charge in [0.05, 0.1) is 0 Å². The van der Waals surface area contributed by atoms with Gasteiger partial charge in [-0.25, -0.2) is 4.79 Å². The van der Waals surface area contributed by atoms with E-state index in [1.54, 1.807) is 0 Å². The molecule has 0 saturated heterocycles. The molecule has 0 radical (unpaired) electrons. The van der Waals surface area contributed by atoms with Crippen LogP contribution in [0.25, 0.3) is 0 Å². The number of nitrogens with zero attached hydrogens (tertiary/aromatic N) is 1. The number of rotatable bonds is 5. The minimum Gasteiger partial charge on any atom is -0.364 e. The Hall–Kier alpha value is -0.810. The molecule has 0 N–H and O–H groups in total. The van der Waals surface area contributed by atoms with Gasteiger partial charge in [-0.3, -0.25) is 4.79 Å². The molecule has 0 saturated carbocycles. The minimum absolute atomic E-state index is 0.475. The highest BCUT2D eigenvalue weighted by Crippen LogP contribution is 1.92. The molecule has 4 nitrogen and oxygen atoms in total. The standard InChI is InChI=1S/C8H13NO3S/c1-3-9(4-2)12-7(10)5-6-8(11)13/h5-6H,3-4H2,1-2H3,(H,11,13)/b6-5+. The summed E-state index contributed by atoms with van der Waals surface area (Å²) in [6.07, 6.45) is 2.10. The van der Waals surface area contributed by atoms with Crippen molar-refractivity contribution < 1.29 is 14.4 Å². The van der Waals surface area contributed by atoms with E-state index in [1.807, 2.05) is 13.8 Å². The third-order valence-electron chi connectivity index (χ3n) is 1.29. The van der Waals surface area contributed by atoms with Crippen LogP contribution in [-0.2, 0) is 14.4 Å². The van der Waals surface area contributed by atoms with Crippen LogP contribution in [-0.4, -0.2) is 29.2 Å². The molecule has 0 rings (SSSR count). The van der Waals surface area contributed by atoms with Crippen LogP contribution in [0.2, 0.25) is 0 Å². The Morgan fingerprint density at radius 3 is 2.23 bits per heavy atom. The van der Waals surface area contributed by atoms with Gasteiger partial charge in [0.25, 0.3) is 0 Å². The molecule has 0 aliphatic rings. The first-order valence-corrected chi connectivity index (χ1v) is 4.42. The van der Waals surface area contributed by atoms with E-state index in [9.17, 15) is 9.59 Å². The first-order chi connectivity index (χ1) is 6.10.